The zero-order valence-corrected chi connectivity index (χ0v) is 17.3. The van der Waals surface area contributed by atoms with Gasteiger partial charge in [-0.2, -0.15) is 0 Å². The van der Waals surface area contributed by atoms with Crippen LogP contribution in [0.4, 0.5) is 4.79 Å². The fraction of sp³-hybridized carbons (Fsp3) is 0.667. The zero-order chi connectivity index (χ0) is 20.6. The number of aromatic amines is 1. The molecule has 8 nitrogen and oxygen atoms in total. The summed E-state index contributed by atoms with van der Waals surface area (Å²) in [5, 5.41) is 11.2. The molecular weight excluding hydrogens is 408 g/mol. The summed E-state index contributed by atoms with van der Waals surface area (Å²) in [5.41, 5.74) is 0.373. The Morgan fingerprint density at radius 1 is 1.30 bits per heavy atom. The summed E-state index contributed by atoms with van der Waals surface area (Å²) < 4.78 is 7.63. The lowest BCUT2D eigenvalue weighted by molar-refractivity contribution is -0.177. The van der Waals surface area contributed by atoms with Gasteiger partial charge in [-0.3, -0.25) is 4.57 Å². The van der Waals surface area contributed by atoms with Gasteiger partial charge in [-0.25, -0.2) is 14.6 Å². The van der Waals surface area contributed by atoms with Crippen molar-refractivity contribution >= 4 is 28.9 Å². The summed E-state index contributed by atoms with van der Waals surface area (Å²) in [7, 11) is 0. The van der Waals surface area contributed by atoms with Crippen LogP contribution in [0.1, 0.15) is 44.6 Å². The monoisotopic (exact) mass is 432 g/mol. The van der Waals surface area contributed by atoms with E-state index in [9.17, 15) is 14.7 Å². The number of imidazole rings is 1. The van der Waals surface area contributed by atoms with Gasteiger partial charge in [0.05, 0.1) is 22.2 Å². The highest BCUT2D eigenvalue weighted by Gasteiger charge is 2.56. The highest BCUT2D eigenvalue weighted by molar-refractivity contribution is 6.31. The number of hydrogen-bond acceptors (Lipinski definition) is 5. The van der Waals surface area contributed by atoms with Crippen LogP contribution in [-0.2, 0) is 4.74 Å². The number of hydrogen-bond donors (Lipinski definition) is 2. The normalized spacial score (nSPS) is 37.3. The van der Waals surface area contributed by atoms with Crippen molar-refractivity contribution < 1.29 is 14.6 Å². The number of nitrogens with one attached hydrogen (secondary N) is 1. The van der Waals surface area contributed by atoms with Crippen LogP contribution in [-0.4, -0.2) is 55.4 Å². The second kappa shape index (κ2) is 6.47. The molecule has 1 aliphatic heterocycles. The van der Waals surface area contributed by atoms with Crippen molar-refractivity contribution in [2.45, 2.75) is 56.3 Å². The van der Waals surface area contributed by atoms with Crippen LogP contribution in [0.5, 0.6) is 0 Å². The molecule has 0 aromatic carbocycles. The third-order valence-electron chi connectivity index (χ3n) is 7.70. The quantitative estimate of drug-likeness (QED) is 0.759. The first-order valence-electron chi connectivity index (χ1n) is 10.8. The number of amides is 1. The number of carbonyl (C=O) groups is 1. The number of nitrogens with zero attached hydrogens (tertiary/aromatic N) is 3. The molecule has 1 amide bonds. The first-order chi connectivity index (χ1) is 14.4. The molecule has 4 aliphatic carbocycles. The van der Waals surface area contributed by atoms with Gasteiger partial charge in [-0.1, -0.05) is 11.6 Å². The largest absolute Gasteiger partial charge is 0.446 e. The standard InChI is InChI=1S/C21H25ClN4O4/c22-14-5-16-18(23-9-14)26(19(27)24-16)15-1-2-25(10-15)20(28)30-17-12-3-11-4-13(17)8-21(29,6-11)7-12/h5,9,11-13,15,17,29H,1-4,6-8,10H2,(H,24,27)/t11?,12-,13?,15?,17?,21?/m1/s1. The number of carbonyl (C=O) groups excluding carboxylic acids is 1. The molecule has 1 saturated heterocycles. The van der Waals surface area contributed by atoms with E-state index < -0.39 is 5.60 Å². The molecule has 4 saturated carbocycles. The van der Waals surface area contributed by atoms with Crippen LogP contribution in [0.15, 0.2) is 17.1 Å². The minimum absolute atomic E-state index is 0.0898. The molecule has 5 unspecified atom stereocenters. The van der Waals surface area contributed by atoms with Crippen molar-refractivity contribution in [3.63, 3.8) is 0 Å². The smallest absolute Gasteiger partial charge is 0.410 e. The summed E-state index contributed by atoms with van der Waals surface area (Å²) in [5.74, 6) is 1.12. The van der Waals surface area contributed by atoms with E-state index >= 15 is 0 Å². The van der Waals surface area contributed by atoms with Crippen molar-refractivity contribution in [1.29, 1.82) is 0 Å². The number of H-pyrrole nitrogens is 1. The topological polar surface area (TPSA) is 100 Å². The van der Waals surface area contributed by atoms with Crippen molar-refractivity contribution in [3.8, 4) is 0 Å². The first-order valence-corrected chi connectivity index (χ1v) is 11.2. The average Bonchev–Trinajstić information content (AvgIpc) is 3.26. The summed E-state index contributed by atoms with van der Waals surface area (Å²) in [4.78, 5) is 34.2. The van der Waals surface area contributed by atoms with Gasteiger partial charge in [0.2, 0.25) is 0 Å². The molecule has 0 radical (unpaired) electrons. The molecule has 6 atom stereocenters. The number of likely N-dealkylation sites (tertiary alicyclic amines) is 1. The number of fused-ring (bicyclic) bond motifs is 1. The predicted molar refractivity (Wildman–Crippen MR) is 109 cm³/mol. The number of halogens is 1. The number of aliphatic hydroxyl groups is 1. The molecule has 3 heterocycles. The Morgan fingerprint density at radius 3 is 2.80 bits per heavy atom. The van der Waals surface area contributed by atoms with Gasteiger partial charge in [-0.05, 0) is 62.3 Å². The minimum atomic E-state index is -0.537. The van der Waals surface area contributed by atoms with Crippen molar-refractivity contribution in [3.05, 3.63) is 27.8 Å². The Hall–Kier alpha value is -2.06. The Balaban J connectivity index is 1.17. The summed E-state index contributed by atoms with van der Waals surface area (Å²) in [6.45, 7) is 0.968. The third-order valence-corrected chi connectivity index (χ3v) is 7.91. The number of aromatic nitrogens is 3. The summed E-state index contributed by atoms with van der Waals surface area (Å²) in [6.07, 6.45) is 6.32. The first kappa shape index (κ1) is 18.7. The molecule has 9 heteroatoms. The van der Waals surface area contributed by atoms with Crippen LogP contribution in [0.2, 0.25) is 5.02 Å². The average molecular weight is 433 g/mol. The Labute approximate surface area is 178 Å². The van der Waals surface area contributed by atoms with E-state index in [0.717, 1.165) is 32.1 Å². The molecule has 2 N–H and O–H groups in total. The molecule has 0 spiro atoms. The molecular formula is C21H25ClN4O4. The lowest BCUT2D eigenvalue weighted by atomic mass is 9.53. The minimum Gasteiger partial charge on any atom is -0.446 e. The molecule has 2 aromatic heterocycles. The summed E-state index contributed by atoms with van der Waals surface area (Å²) in [6, 6.07) is 1.54. The van der Waals surface area contributed by atoms with Crippen LogP contribution in [0.25, 0.3) is 11.2 Å². The van der Waals surface area contributed by atoms with Gasteiger partial charge in [0.25, 0.3) is 0 Å². The zero-order valence-electron chi connectivity index (χ0n) is 16.6. The van der Waals surface area contributed by atoms with Gasteiger partial charge < -0.3 is 19.7 Å². The highest BCUT2D eigenvalue weighted by Crippen LogP contribution is 2.56. The van der Waals surface area contributed by atoms with Crippen LogP contribution >= 0.6 is 11.6 Å². The van der Waals surface area contributed by atoms with E-state index in [4.69, 9.17) is 16.3 Å². The van der Waals surface area contributed by atoms with E-state index in [1.165, 1.54) is 6.20 Å². The van der Waals surface area contributed by atoms with Crippen LogP contribution in [0, 0.1) is 17.8 Å². The predicted octanol–water partition coefficient (Wildman–Crippen LogP) is 2.70. The lowest BCUT2D eigenvalue weighted by Gasteiger charge is -2.57. The van der Waals surface area contributed by atoms with Gasteiger partial charge in [0.1, 0.15) is 6.10 Å². The van der Waals surface area contributed by atoms with E-state index in [1.807, 2.05) is 0 Å². The Kier molecular flexibility index (Phi) is 4.03. The molecule has 5 fully saturated rings. The molecule has 2 aromatic rings. The Morgan fingerprint density at radius 2 is 2.07 bits per heavy atom. The van der Waals surface area contributed by atoms with E-state index in [0.29, 0.717) is 41.6 Å². The van der Waals surface area contributed by atoms with Crippen molar-refractivity contribution in [2.75, 3.05) is 13.1 Å². The maximum atomic E-state index is 12.9. The third kappa shape index (κ3) is 2.87. The summed E-state index contributed by atoms with van der Waals surface area (Å²) >= 11 is 5.98. The van der Waals surface area contributed by atoms with Crippen LogP contribution in [0.3, 0.4) is 0 Å². The van der Waals surface area contributed by atoms with E-state index in [2.05, 4.69) is 9.97 Å². The van der Waals surface area contributed by atoms with Crippen molar-refractivity contribution in [1.82, 2.24) is 19.4 Å². The molecule has 5 aliphatic rings. The van der Waals surface area contributed by atoms with E-state index in [-0.39, 0.29) is 35.8 Å². The Bertz CT molecular complexity index is 1060. The molecule has 4 bridgehead atoms. The number of pyridine rings is 1. The molecule has 160 valence electrons. The van der Waals surface area contributed by atoms with Gasteiger partial charge >= 0.3 is 11.8 Å². The second-order valence-electron chi connectivity index (χ2n) is 9.76. The number of ether oxygens (including phenoxy) is 1. The highest BCUT2D eigenvalue weighted by atomic mass is 35.5. The van der Waals surface area contributed by atoms with Crippen molar-refractivity contribution in [2.24, 2.45) is 17.8 Å². The van der Waals surface area contributed by atoms with Gasteiger partial charge in [0.15, 0.2) is 5.65 Å². The van der Waals surface area contributed by atoms with Gasteiger partial charge in [0, 0.05) is 19.3 Å². The maximum Gasteiger partial charge on any atom is 0.410 e. The molecule has 30 heavy (non-hydrogen) atoms. The van der Waals surface area contributed by atoms with E-state index in [1.54, 1.807) is 15.5 Å². The van der Waals surface area contributed by atoms with Gasteiger partial charge in [-0.15, -0.1) is 0 Å². The fourth-order valence-electron chi connectivity index (χ4n) is 6.76. The second-order valence-corrected chi connectivity index (χ2v) is 10.2. The number of rotatable bonds is 2. The molecule has 7 rings (SSSR count). The lowest BCUT2D eigenvalue weighted by Crippen LogP contribution is -2.58. The fourth-order valence-corrected chi connectivity index (χ4v) is 6.92. The van der Waals surface area contributed by atoms with Crippen LogP contribution < -0.4 is 5.69 Å². The maximum absolute atomic E-state index is 12.9. The SMILES string of the molecule is O=C(OC1C2CC3C[C@@H]1CC(O)(C3)C2)N1CCC(n2c(=O)[nH]c3cc(Cl)cnc32)C1.